The summed E-state index contributed by atoms with van der Waals surface area (Å²) in [5.74, 6) is -5.78. The fourth-order valence-electron chi connectivity index (χ4n) is 9.58. The van der Waals surface area contributed by atoms with Crippen molar-refractivity contribution in [1.29, 1.82) is 0 Å². The third kappa shape index (κ3) is 6.78. The maximum atomic E-state index is 14.5. The lowest BCUT2D eigenvalue weighted by atomic mass is 9.61. The highest BCUT2D eigenvalue weighted by Crippen LogP contribution is 2.47. The second kappa shape index (κ2) is 14.9. The molecular formula is C38H34F4N12O4-2. The molecule has 0 saturated heterocycles. The molecule has 4 atom stereocenters. The number of aromatic amines is 2. The first-order valence-electron chi connectivity index (χ1n) is 19.0. The van der Waals surface area contributed by atoms with E-state index in [0.29, 0.717) is 22.2 Å². The zero-order valence-electron chi connectivity index (χ0n) is 30.5. The van der Waals surface area contributed by atoms with Crippen molar-refractivity contribution in [3.05, 3.63) is 60.2 Å². The zero-order chi connectivity index (χ0) is 40.2. The van der Waals surface area contributed by atoms with Gasteiger partial charge in [-0.1, -0.05) is 0 Å². The van der Waals surface area contributed by atoms with Crippen molar-refractivity contribution < 1.29 is 37.4 Å². The minimum absolute atomic E-state index is 0.0254. The first kappa shape index (κ1) is 37.2. The number of carboxylic acids is 2. The van der Waals surface area contributed by atoms with Crippen LogP contribution in [0.25, 0.3) is 45.1 Å². The Morgan fingerprint density at radius 1 is 0.569 bits per heavy atom. The average molecular weight is 799 g/mol. The van der Waals surface area contributed by atoms with E-state index in [1.165, 1.54) is 12.1 Å². The molecule has 6 aromatic rings. The van der Waals surface area contributed by atoms with Gasteiger partial charge in [0.25, 0.3) is 0 Å². The van der Waals surface area contributed by atoms with E-state index in [-0.39, 0.29) is 58.3 Å². The summed E-state index contributed by atoms with van der Waals surface area (Å²) < 4.78 is 56.1. The predicted octanol–water partition coefficient (Wildman–Crippen LogP) is 3.32. The van der Waals surface area contributed by atoms with Crippen LogP contribution in [-0.4, -0.2) is 74.3 Å². The SMILES string of the molecule is O=C([O-])[C@@H]1C2CCC(CC2)[C@@H]1Nc1nc(-c2[nH]nc3ncc(F)cc23)ncc1F.O=C([O-])[C@H]1C2CCC(CC2)[C@@H]1Nc1nc(-c2[nH]nc3ncc(F)cc23)ncc1F. The van der Waals surface area contributed by atoms with Crippen LogP contribution in [0.4, 0.5) is 29.2 Å². The third-order valence-corrected chi connectivity index (χ3v) is 12.3. The van der Waals surface area contributed by atoms with Crippen molar-refractivity contribution in [3.8, 4) is 23.0 Å². The normalized spacial score (nSPS) is 26.0. The number of carbonyl (C=O) groups excluding carboxylic acids is 2. The van der Waals surface area contributed by atoms with Gasteiger partial charge < -0.3 is 30.4 Å². The van der Waals surface area contributed by atoms with Crippen molar-refractivity contribution in [2.75, 3.05) is 10.6 Å². The number of halogens is 4. The fraction of sp³-hybridized carbons (Fsp3) is 0.421. The average Bonchev–Trinajstić information content (AvgIpc) is 3.84. The maximum Gasteiger partial charge on any atom is 0.183 e. The van der Waals surface area contributed by atoms with Gasteiger partial charge >= 0.3 is 0 Å². The van der Waals surface area contributed by atoms with E-state index in [2.05, 4.69) is 60.9 Å². The lowest BCUT2D eigenvalue weighted by Gasteiger charge is -2.49. The first-order valence-corrected chi connectivity index (χ1v) is 19.0. The Labute approximate surface area is 325 Å². The molecule has 0 aromatic carbocycles. The number of fused-ring (bicyclic) bond motifs is 8. The highest BCUT2D eigenvalue weighted by Gasteiger charge is 2.46. The Kier molecular flexibility index (Phi) is 9.55. The van der Waals surface area contributed by atoms with Crippen LogP contribution in [0.5, 0.6) is 0 Å². The van der Waals surface area contributed by atoms with Crippen LogP contribution in [0.15, 0.2) is 36.9 Å². The molecule has 16 nitrogen and oxygen atoms in total. The van der Waals surface area contributed by atoms with E-state index in [1.54, 1.807) is 0 Å². The molecule has 58 heavy (non-hydrogen) atoms. The van der Waals surface area contributed by atoms with Crippen molar-refractivity contribution >= 4 is 45.6 Å². The molecule has 0 spiro atoms. The molecule has 6 aromatic heterocycles. The molecular weight excluding hydrogens is 764 g/mol. The second-order valence-corrected chi connectivity index (χ2v) is 15.4. The molecule has 6 aliphatic rings. The van der Waals surface area contributed by atoms with Gasteiger partial charge in [-0.25, -0.2) is 47.5 Å². The van der Waals surface area contributed by atoms with E-state index >= 15 is 0 Å². The van der Waals surface area contributed by atoms with Crippen LogP contribution in [0.3, 0.4) is 0 Å². The number of hydrogen-bond donors (Lipinski definition) is 4. The molecule has 20 heteroatoms. The fourth-order valence-corrected chi connectivity index (χ4v) is 9.58. The third-order valence-electron chi connectivity index (χ3n) is 12.3. The summed E-state index contributed by atoms with van der Waals surface area (Å²) in [7, 11) is 0. The van der Waals surface area contributed by atoms with E-state index in [9.17, 15) is 37.4 Å². The van der Waals surface area contributed by atoms with Crippen molar-refractivity contribution in [1.82, 2.24) is 50.3 Å². The molecule has 12 rings (SSSR count). The van der Waals surface area contributed by atoms with Gasteiger partial charge in [0.1, 0.15) is 23.0 Å². The van der Waals surface area contributed by atoms with Gasteiger partial charge in [0, 0.05) is 35.9 Å². The van der Waals surface area contributed by atoms with Gasteiger partial charge in [0.15, 0.2) is 46.2 Å². The van der Waals surface area contributed by atoms with Gasteiger partial charge in [0.05, 0.1) is 35.6 Å². The summed E-state index contributed by atoms with van der Waals surface area (Å²) in [5.41, 5.74) is 1.17. The maximum absolute atomic E-state index is 14.5. The molecule has 0 unspecified atom stereocenters. The minimum Gasteiger partial charge on any atom is -0.550 e. The number of carboxylic acid groups (broad SMARTS) is 2. The molecule has 4 bridgehead atoms. The standard InChI is InChI=1S/2C19H18F2N6O2/c2*20-10-5-11-15(26-27-16(11)22-6-10)18-23-7-12(21)17(25-18)24-14-9-3-1-8(2-4-9)13(14)19(28)29/h2*5-9,13-14H,1-4H2,(H,28,29)(H,22,26,27)(H,23,24,25)/p-2/t8?,9?,13-,14+;8?,9?,13-,14-/m10/s1. The number of carbonyl (C=O) groups is 2. The van der Waals surface area contributed by atoms with Gasteiger partial charge in [-0.3, -0.25) is 10.2 Å². The number of H-pyrrole nitrogens is 2. The molecule has 0 radical (unpaired) electrons. The Hall–Kier alpha value is -6.34. The van der Waals surface area contributed by atoms with Crippen LogP contribution in [0.2, 0.25) is 0 Å². The number of aromatic nitrogens is 10. The summed E-state index contributed by atoms with van der Waals surface area (Å²) in [4.78, 5) is 47.6. The van der Waals surface area contributed by atoms with Gasteiger partial charge in [-0.05, 0) is 87.2 Å². The second-order valence-electron chi connectivity index (χ2n) is 15.4. The largest absolute Gasteiger partial charge is 0.550 e. The Bertz CT molecular complexity index is 2360. The number of hydrogen-bond acceptors (Lipinski definition) is 14. The molecule has 300 valence electrons. The molecule has 6 aliphatic carbocycles. The van der Waals surface area contributed by atoms with Crippen LogP contribution in [-0.2, 0) is 9.59 Å². The molecule has 4 N–H and O–H groups in total. The van der Waals surface area contributed by atoms with E-state index in [1.807, 2.05) is 0 Å². The number of pyridine rings is 2. The molecule has 0 aliphatic heterocycles. The Morgan fingerprint density at radius 2 is 0.948 bits per heavy atom. The van der Waals surface area contributed by atoms with Crippen molar-refractivity contribution in [3.63, 3.8) is 0 Å². The Morgan fingerprint density at radius 3 is 1.33 bits per heavy atom. The van der Waals surface area contributed by atoms with E-state index in [4.69, 9.17) is 0 Å². The predicted molar refractivity (Wildman–Crippen MR) is 192 cm³/mol. The zero-order valence-corrected chi connectivity index (χ0v) is 30.5. The summed E-state index contributed by atoms with van der Waals surface area (Å²) in [5, 5.41) is 43.6. The van der Waals surface area contributed by atoms with Crippen LogP contribution in [0.1, 0.15) is 51.4 Å². The molecule has 6 heterocycles. The number of nitrogens with zero attached hydrogens (tertiary/aromatic N) is 8. The monoisotopic (exact) mass is 798 g/mol. The van der Waals surface area contributed by atoms with E-state index in [0.717, 1.165) is 76.2 Å². The van der Waals surface area contributed by atoms with Gasteiger partial charge in [0.2, 0.25) is 0 Å². The lowest BCUT2D eigenvalue weighted by Crippen LogP contribution is -2.55. The minimum atomic E-state index is -1.12. The number of nitrogens with one attached hydrogen (secondary N) is 4. The summed E-state index contributed by atoms with van der Waals surface area (Å²) in [6, 6.07) is 1.57. The van der Waals surface area contributed by atoms with Crippen molar-refractivity contribution in [2.45, 2.75) is 63.5 Å². The number of rotatable bonds is 8. The number of anilines is 2. The Balaban J connectivity index is 0.000000150. The highest BCUT2D eigenvalue weighted by atomic mass is 19.1. The summed E-state index contributed by atoms with van der Waals surface area (Å²) in [6.07, 6.45) is 11.0. The van der Waals surface area contributed by atoms with Crippen LogP contribution >= 0.6 is 0 Å². The smallest absolute Gasteiger partial charge is 0.183 e. The highest BCUT2D eigenvalue weighted by molar-refractivity contribution is 5.89. The quantitative estimate of drug-likeness (QED) is 0.162. The van der Waals surface area contributed by atoms with E-state index < -0.39 is 59.1 Å². The summed E-state index contributed by atoms with van der Waals surface area (Å²) >= 11 is 0. The first-order chi connectivity index (χ1) is 28.0. The molecule has 0 amide bonds. The molecule has 6 saturated carbocycles. The lowest BCUT2D eigenvalue weighted by molar-refractivity contribution is -0.317. The number of aliphatic carboxylic acids is 2. The molecule has 6 fully saturated rings. The van der Waals surface area contributed by atoms with Crippen molar-refractivity contribution in [2.24, 2.45) is 35.5 Å². The summed E-state index contributed by atoms with van der Waals surface area (Å²) in [6.45, 7) is 0. The van der Waals surface area contributed by atoms with Gasteiger partial charge in [-0.2, -0.15) is 10.2 Å². The van der Waals surface area contributed by atoms with Crippen LogP contribution in [0, 0.1) is 58.8 Å². The van der Waals surface area contributed by atoms with Crippen LogP contribution < -0.4 is 20.8 Å². The topological polar surface area (TPSA) is 239 Å². The van der Waals surface area contributed by atoms with Gasteiger partial charge in [-0.15, -0.1) is 0 Å².